The summed E-state index contributed by atoms with van der Waals surface area (Å²) >= 11 is 1.32. The second-order valence-electron chi connectivity index (χ2n) is 6.27. The summed E-state index contributed by atoms with van der Waals surface area (Å²) in [6.07, 6.45) is 1.55. The Labute approximate surface area is 167 Å². The molecule has 4 aromatic heterocycles. The summed E-state index contributed by atoms with van der Waals surface area (Å²) < 4.78 is 11.4. The van der Waals surface area contributed by atoms with Gasteiger partial charge in [0.2, 0.25) is 0 Å². The van der Waals surface area contributed by atoms with Crippen molar-refractivity contribution in [2.45, 2.75) is 6.61 Å². The largest absolute Gasteiger partial charge is 0.463 e. The summed E-state index contributed by atoms with van der Waals surface area (Å²) in [5.74, 6) is 0.307. The molecule has 0 amide bonds. The minimum absolute atomic E-state index is 0.146. The van der Waals surface area contributed by atoms with Crippen molar-refractivity contribution in [3.05, 3.63) is 81.9 Å². The van der Waals surface area contributed by atoms with Gasteiger partial charge < -0.3 is 14.1 Å². The number of carbonyl (C=O) groups is 1. The van der Waals surface area contributed by atoms with Crippen molar-refractivity contribution in [1.82, 2.24) is 15.0 Å². The fourth-order valence-electron chi connectivity index (χ4n) is 3.10. The molecule has 142 valence electrons. The van der Waals surface area contributed by atoms with Crippen LogP contribution in [-0.2, 0) is 11.3 Å². The Balaban J connectivity index is 1.49. The zero-order valence-corrected chi connectivity index (χ0v) is 15.7. The number of nitrogens with zero attached hydrogens (tertiary/aromatic N) is 2. The molecule has 7 nitrogen and oxygen atoms in total. The van der Waals surface area contributed by atoms with Crippen molar-refractivity contribution in [3.8, 4) is 11.5 Å². The van der Waals surface area contributed by atoms with E-state index in [9.17, 15) is 9.59 Å². The lowest BCUT2D eigenvalue weighted by Crippen LogP contribution is -2.14. The predicted octanol–water partition coefficient (Wildman–Crippen LogP) is 4.15. The first kappa shape index (κ1) is 17.3. The molecule has 0 aliphatic carbocycles. The van der Waals surface area contributed by atoms with Crippen LogP contribution in [0.3, 0.4) is 0 Å². The SMILES string of the molecule is O=C(OCc1nc2ccsc2c(=O)[nH]1)c1cc(-c2ccco2)nc2ccccc12. The number of aromatic amines is 1. The quantitative estimate of drug-likeness (QED) is 0.453. The van der Waals surface area contributed by atoms with Gasteiger partial charge in [0.05, 0.1) is 22.9 Å². The van der Waals surface area contributed by atoms with Crippen molar-refractivity contribution < 1.29 is 13.9 Å². The molecule has 0 atom stereocenters. The summed E-state index contributed by atoms with van der Waals surface area (Å²) in [6.45, 7) is -0.146. The summed E-state index contributed by atoms with van der Waals surface area (Å²) in [4.78, 5) is 36.5. The number of hydrogen-bond donors (Lipinski definition) is 1. The molecule has 29 heavy (non-hydrogen) atoms. The number of furan rings is 1. The summed E-state index contributed by atoms with van der Waals surface area (Å²) in [5.41, 5.74) is 1.89. The molecule has 0 radical (unpaired) electrons. The zero-order valence-electron chi connectivity index (χ0n) is 14.9. The maximum Gasteiger partial charge on any atom is 0.339 e. The van der Waals surface area contributed by atoms with Gasteiger partial charge in [-0.05, 0) is 35.7 Å². The third-order valence-electron chi connectivity index (χ3n) is 4.41. The Morgan fingerprint density at radius 1 is 1.10 bits per heavy atom. The standard InChI is InChI=1S/C21H13N3O4S/c25-20-19-15(7-9-29-19)23-18(24-20)11-28-21(26)13-10-16(17-6-3-8-27-17)22-14-5-2-1-4-12(13)14/h1-10H,11H2,(H,23,24,25). The average molecular weight is 403 g/mol. The van der Waals surface area contributed by atoms with Crippen LogP contribution < -0.4 is 5.56 Å². The number of para-hydroxylation sites is 1. The highest BCUT2D eigenvalue weighted by atomic mass is 32.1. The van der Waals surface area contributed by atoms with Crippen molar-refractivity contribution >= 4 is 38.4 Å². The number of rotatable bonds is 4. The van der Waals surface area contributed by atoms with Gasteiger partial charge in [-0.25, -0.2) is 14.8 Å². The Morgan fingerprint density at radius 3 is 2.86 bits per heavy atom. The van der Waals surface area contributed by atoms with Gasteiger partial charge in [-0.1, -0.05) is 18.2 Å². The maximum absolute atomic E-state index is 12.9. The molecular formula is C21H13N3O4S. The topological polar surface area (TPSA) is 98.1 Å². The van der Waals surface area contributed by atoms with Crippen LogP contribution in [0.5, 0.6) is 0 Å². The molecule has 0 aliphatic heterocycles. The van der Waals surface area contributed by atoms with E-state index in [1.807, 2.05) is 24.3 Å². The van der Waals surface area contributed by atoms with E-state index in [0.717, 1.165) is 0 Å². The molecule has 0 fully saturated rings. The number of thiophene rings is 1. The number of ether oxygens (including phenoxy) is 1. The zero-order chi connectivity index (χ0) is 19.8. The van der Waals surface area contributed by atoms with Crippen LogP contribution in [0.25, 0.3) is 32.6 Å². The van der Waals surface area contributed by atoms with Gasteiger partial charge in [-0.2, -0.15) is 0 Å². The second kappa shape index (κ2) is 6.99. The number of H-pyrrole nitrogens is 1. The van der Waals surface area contributed by atoms with Gasteiger partial charge >= 0.3 is 5.97 Å². The van der Waals surface area contributed by atoms with E-state index in [2.05, 4.69) is 15.0 Å². The second-order valence-corrected chi connectivity index (χ2v) is 7.19. The van der Waals surface area contributed by atoms with Crippen LogP contribution in [0, 0.1) is 0 Å². The Kier molecular flexibility index (Phi) is 4.18. The van der Waals surface area contributed by atoms with Crippen molar-refractivity contribution in [1.29, 1.82) is 0 Å². The minimum atomic E-state index is -0.538. The minimum Gasteiger partial charge on any atom is -0.463 e. The number of hydrogen-bond acceptors (Lipinski definition) is 7. The Bertz CT molecular complexity index is 1400. The van der Waals surface area contributed by atoms with Crippen LogP contribution in [0.4, 0.5) is 0 Å². The highest BCUT2D eigenvalue weighted by Crippen LogP contribution is 2.26. The number of fused-ring (bicyclic) bond motifs is 2. The number of aromatic nitrogens is 3. The van der Waals surface area contributed by atoms with Crippen molar-refractivity contribution in [2.24, 2.45) is 0 Å². The van der Waals surface area contributed by atoms with Crippen molar-refractivity contribution in [2.75, 3.05) is 0 Å². The molecular weight excluding hydrogens is 390 g/mol. The summed E-state index contributed by atoms with van der Waals surface area (Å²) in [5, 5.41) is 2.46. The molecule has 0 saturated heterocycles. The lowest BCUT2D eigenvalue weighted by atomic mass is 10.1. The van der Waals surface area contributed by atoms with Crippen LogP contribution in [0.1, 0.15) is 16.2 Å². The van der Waals surface area contributed by atoms with E-state index in [0.29, 0.717) is 44.0 Å². The molecule has 0 unspecified atom stereocenters. The first-order valence-electron chi connectivity index (χ1n) is 8.76. The molecule has 0 bridgehead atoms. The van der Waals surface area contributed by atoms with E-state index in [1.54, 1.807) is 35.9 Å². The van der Waals surface area contributed by atoms with Crippen LogP contribution in [0.15, 0.2) is 69.4 Å². The van der Waals surface area contributed by atoms with Crippen LogP contribution in [0.2, 0.25) is 0 Å². The maximum atomic E-state index is 12.9. The molecule has 4 heterocycles. The third-order valence-corrected chi connectivity index (χ3v) is 5.32. The molecule has 0 saturated carbocycles. The van der Waals surface area contributed by atoms with Crippen molar-refractivity contribution in [3.63, 3.8) is 0 Å². The first-order chi connectivity index (χ1) is 14.2. The number of esters is 1. The van der Waals surface area contributed by atoms with Crippen LogP contribution in [-0.4, -0.2) is 20.9 Å². The molecule has 5 aromatic rings. The highest BCUT2D eigenvalue weighted by molar-refractivity contribution is 7.17. The van der Waals surface area contributed by atoms with Gasteiger partial charge in [0.25, 0.3) is 5.56 Å². The lowest BCUT2D eigenvalue weighted by molar-refractivity contribution is 0.0464. The monoisotopic (exact) mass is 403 g/mol. The molecule has 1 N–H and O–H groups in total. The summed E-state index contributed by atoms with van der Waals surface area (Å²) in [7, 11) is 0. The Morgan fingerprint density at radius 2 is 2.00 bits per heavy atom. The Hall–Kier alpha value is -3.78. The molecule has 0 aliphatic rings. The lowest BCUT2D eigenvalue weighted by Gasteiger charge is -2.09. The fourth-order valence-corrected chi connectivity index (χ4v) is 3.82. The van der Waals surface area contributed by atoms with E-state index in [-0.39, 0.29) is 12.2 Å². The first-order valence-corrected chi connectivity index (χ1v) is 9.64. The third kappa shape index (κ3) is 3.19. The van der Waals surface area contributed by atoms with Crippen LogP contribution >= 0.6 is 11.3 Å². The van der Waals surface area contributed by atoms with Gasteiger partial charge in [-0.15, -0.1) is 11.3 Å². The molecule has 1 aromatic carbocycles. The van der Waals surface area contributed by atoms with Gasteiger partial charge in [0.1, 0.15) is 22.8 Å². The molecule has 8 heteroatoms. The average Bonchev–Trinajstić information content (AvgIpc) is 3.43. The predicted molar refractivity (Wildman–Crippen MR) is 109 cm³/mol. The van der Waals surface area contributed by atoms with E-state index < -0.39 is 5.97 Å². The number of benzene rings is 1. The smallest absolute Gasteiger partial charge is 0.339 e. The van der Waals surface area contributed by atoms with E-state index in [4.69, 9.17) is 9.15 Å². The van der Waals surface area contributed by atoms with E-state index in [1.165, 1.54) is 11.3 Å². The van der Waals surface area contributed by atoms with Gasteiger partial charge in [0.15, 0.2) is 5.76 Å². The fraction of sp³-hybridized carbons (Fsp3) is 0.0476. The number of nitrogens with one attached hydrogen (secondary N) is 1. The van der Waals surface area contributed by atoms with Gasteiger partial charge in [-0.3, -0.25) is 4.79 Å². The van der Waals surface area contributed by atoms with Gasteiger partial charge in [0, 0.05) is 5.39 Å². The molecule has 0 spiro atoms. The highest BCUT2D eigenvalue weighted by Gasteiger charge is 2.17. The number of carbonyl (C=O) groups excluding carboxylic acids is 1. The van der Waals surface area contributed by atoms with E-state index >= 15 is 0 Å². The number of pyridine rings is 1. The normalized spacial score (nSPS) is 11.2. The summed E-state index contributed by atoms with van der Waals surface area (Å²) in [6, 6.07) is 14.2. The molecule has 5 rings (SSSR count).